The summed E-state index contributed by atoms with van der Waals surface area (Å²) in [5.41, 5.74) is 5.40. The Bertz CT molecular complexity index is 496. The lowest BCUT2D eigenvalue weighted by molar-refractivity contribution is 0.574. The van der Waals surface area contributed by atoms with E-state index in [1.54, 1.807) is 0 Å². The molecule has 1 nitrogen and oxygen atoms in total. The van der Waals surface area contributed by atoms with E-state index in [4.69, 9.17) is 0 Å². The first-order valence-corrected chi connectivity index (χ1v) is 7.07. The van der Waals surface area contributed by atoms with Gasteiger partial charge in [-0.05, 0) is 37.0 Å². The fourth-order valence-corrected chi connectivity index (χ4v) is 2.14. The number of nitrogens with one attached hydrogen (secondary N) is 1. The maximum atomic E-state index is 3.57. The number of aryl methyl sites for hydroxylation is 2. The van der Waals surface area contributed by atoms with Gasteiger partial charge < -0.3 is 5.32 Å². The zero-order chi connectivity index (χ0) is 13.7. The SMILES string of the molecule is CCc1ccc(C(C)NCc2ccc(C)cc2)cc1. The van der Waals surface area contributed by atoms with Crippen molar-refractivity contribution in [1.29, 1.82) is 0 Å². The Morgan fingerprint density at radius 3 is 2.05 bits per heavy atom. The van der Waals surface area contributed by atoms with E-state index in [0.717, 1.165) is 13.0 Å². The minimum Gasteiger partial charge on any atom is -0.306 e. The van der Waals surface area contributed by atoms with Gasteiger partial charge in [0, 0.05) is 12.6 Å². The van der Waals surface area contributed by atoms with Gasteiger partial charge in [-0.25, -0.2) is 0 Å². The van der Waals surface area contributed by atoms with Crippen molar-refractivity contribution in [2.24, 2.45) is 0 Å². The summed E-state index contributed by atoms with van der Waals surface area (Å²) in [6.07, 6.45) is 1.10. The Balaban J connectivity index is 1.93. The molecule has 1 heteroatoms. The lowest BCUT2D eigenvalue weighted by Crippen LogP contribution is -2.18. The first-order chi connectivity index (χ1) is 9.19. The summed E-state index contributed by atoms with van der Waals surface area (Å²) < 4.78 is 0. The van der Waals surface area contributed by atoms with Gasteiger partial charge in [0.05, 0.1) is 0 Å². The summed E-state index contributed by atoms with van der Waals surface area (Å²) in [6, 6.07) is 18.0. The topological polar surface area (TPSA) is 12.0 Å². The van der Waals surface area contributed by atoms with Gasteiger partial charge in [-0.3, -0.25) is 0 Å². The summed E-state index contributed by atoms with van der Waals surface area (Å²) in [4.78, 5) is 0. The normalized spacial score (nSPS) is 12.4. The molecular weight excluding hydrogens is 230 g/mol. The smallest absolute Gasteiger partial charge is 0.0294 e. The first kappa shape index (κ1) is 13.8. The fourth-order valence-electron chi connectivity index (χ4n) is 2.14. The quantitative estimate of drug-likeness (QED) is 0.832. The van der Waals surface area contributed by atoms with E-state index >= 15 is 0 Å². The lowest BCUT2D eigenvalue weighted by atomic mass is 10.0. The Morgan fingerprint density at radius 1 is 0.895 bits per heavy atom. The highest BCUT2D eigenvalue weighted by Crippen LogP contribution is 2.14. The largest absolute Gasteiger partial charge is 0.306 e. The minimum atomic E-state index is 0.382. The van der Waals surface area contributed by atoms with Gasteiger partial charge in [-0.1, -0.05) is 61.0 Å². The van der Waals surface area contributed by atoms with E-state index in [9.17, 15) is 0 Å². The van der Waals surface area contributed by atoms with E-state index in [-0.39, 0.29) is 0 Å². The predicted molar refractivity (Wildman–Crippen MR) is 82.3 cm³/mol. The van der Waals surface area contributed by atoms with Gasteiger partial charge in [-0.15, -0.1) is 0 Å². The average Bonchev–Trinajstić information content (AvgIpc) is 2.46. The third-order valence-corrected chi connectivity index (χ3v) is 3.62. The van der Waals surface area contributed by atoms with Crippen LogP contribution in [0.3, 0.4) is 0 Å². The van der Waals surface area contributed by atoms with E-state index in [1.807, 2.05) is 0 Å². The molecule has 19 heavy (non-hydrogen) atoms. The Labute approximate surface area is 116 Å². The van der Waals surface area contributed by atoms with E-state index in [2.05, 4.69) is 74.6 Å². The maximum Gasteiger partial charge on any atom is 0.0294 e. The van der Waals surface area contributed by atoms with Gasteiger partial charge >= 0.3 is 0 Å². The molecule has 2 aromatic rings. The zero-order valence-electron chi connectivity index (χ0n) is 12.1. The summed E-state index contributed by atoms with van der Waals surface area (Å²) >= 11 is 0. The minimum absolute atomic E-state index is 0.382. The zero-order valence-corrected chi connectivity index (χ0v) is 12.1. The predicted octanol–water partition coefficient (Wildman–Crippen LogP) is 4.41. The van der Waals surface area contributed by atoms with Gasteiger partial charge in [-0.2, -0.15) is 0 Å². The number of hydrogen-bond donors (Lipinski definition) is 1. The van der Waals surface area contributed by atoms with Crippen molar-refractivity contribution in [2.45, 2.75) is 39.8 Å². The Morgan fingerprint density at radius 2 is 1.47 bits per heavy atom. The molecule has 0 aliphatic carbocycles. The highest BCUT2D eigenvalue weighted by atomic mass is 14.9. The number of benzene rings is 2. The van der Waals surface area contributed by atoms with Gasteiger partial charge in [0.2, 0.25) is 0 Å². The van der Waals surface area contributed by atoms with Crippen LogP contribution >= 0.6 is 0 Å². The molecule has 0 aromatic heterocycles. The van der Waals surface area contributed by atoms with Crippen LogP contribution in [0.15, 0.2) is 48.5 Å². The van der Waals surface area contributed by atoms with Crippen molar-refractivity contribution < 1.29 is 0 Å². The van der Waals surface area contributed by atoms with E-state index in [0.29, 0.717) is 6.04 Å². The van der Waals surface area contributed by atoms with E-state index in [1.165, 1.54) is 22.3 Å². The molecule has 1 atom stereocenters. The summed E-state index contributed by atoms with van der Waals surface area (Å²) in [5.74, 6) is 0. The van der Waals surface area contributed by atoms with Crippen molar-refractivity contribution in [3.05, 3.63) is 70.8 Å². The molecule has 0 spiro atoms. The van der Waals surface area contributed by atoms with Gasteiger partial charge in [0.25, 0.3) is 0 Å². The molecule has 0 heterocycles. The van der Waals surface area contributed by atoms with Crippen molar-refractivity contribution in [3.8, 4) is 0 Å². The highest BCUT2D eigenvalue weighted by molar-refractivity contribution is 5.25. The standard InChI is InChI=1S/C18H23N/c1-4-16-9-11-18(12-10-16)15(3)19-13-17-7-5-14(2)6-8-17/h5-12,15,19H,4,13H2,1-3H3. The van der Waals surface area contributed by atoms with Crippen LogP contribution in [-0.2, 0) is 13.0 Å². The molecule has 0 saturated carbocycles. The summed E-state index contributed by atoms with van der Waals surface area (Å²) in [7, 11) is 0. The molecule has 2 aromatic carbocycles. The second-order valence-corrected chi connectivity index (χ2v) is 5.18. The molecular formula is C18H23N. The average molecular weight is 253 g/mol. The summed E-state index contributed by atoms with van der Waals surface area (Å²) in [5, 5.41) is 3.57. The van der Waals surface area contributed by atoms with Crippen molar-refractivity contribution in [3.63, 3.8) is 0 Å². The fraction of sp³-hybridized carbons (Fsp3) is 0.333. The Hall–Kier alpha value is -1.60. The van der Waals surface area contributed by atoms with Crippen LogP contribution in [0.4, 0.5) is 0 Å². The maximum absolute atomic E-state index is 3.57. The molecule has 0 aliphatic heterocycles. The molecule has 1 N–H and O–H groups in total. The van der Waals surface area contributed by atoms with Crippen molar-refractivity contribution >= 4 is 0 Å². The van der Waals surface area contributed by atoms with Crippen LogP contribution in [0.2, 0.25) is 0 Å². The molecule has 0 bridgehead atoms. The van der Waals surface area contributed by atoms with E-state index < -0.39 is 0 Å². The van der Waals surface area contributed by atoms with Crippen LogP contribution in [0.1, 0.15) is 42.1 Å². The molecule has 0 aliphatic rings. The second kappa shape index (κ2) is 6.53. The van der Waals surface area contributed by atoms with Crippen LogP contribution in [-0.4, -0.2) is 0 Å². The number of hydrogen-bond acceptors (Lipinski definition) is 1. The molecule has 0 radical (unpaired) electrons. The third kappa shape index (κ3) is 3.93. The van der Waals surface area contributed by atoms with Gasteiger partial charge in [0.15, 0.2) is 0 Å². The molecule has 2 rings (SSSR count). The molecule has 0 amide bonds. The third-order valence-electron chi connectivity index (χ3n) is 3.62. The highest BCUT2D eigenvalue weighted by Gasteiger charge is 2.04. The molecule has 1 unspecified atom stereocenters. The Kier molecular flexibility index (Phi) is 4.75. The summed E-state index contributed by atoms with van der Waals surface area (Å²) in [6.45, 7) is 7.44. The van der Waals surface area contributed by atoms with Gasteiger partial charge in [0.1, 0.15) is 0 Å². The lowest BCUT2D eigenvalue weighted by Gasteiger charge is -2.15. The molecule has 0 saturated heterocycles. The van der Waals surface area contributed by atoms with Crippen LogP contribution in [0.25, 0.3) is 0 Å². The molecule has 100 valence electrons. The van der Waals surface area contributed by atoms with Crippen LogP contribution < -0.4 is 5.32 Å². The van der Waals surface area contributed by atoms with Crippen LogP contribution in [0, 0.1) is 6.92 Å². The monoisotopic (exact) mass is 253 g/mol. The van der Waals surface area contributed by atoms with Crippen molar-refractivity contribution in [2.75, 3.05) is 0 Å². The van der Waals surface area contributed by atoms with Crippen molar-refractivity contribution in [1.82, 2.24) is 5.32 Å². The van der Waals surface area contributed by atoms with Crippen LogP contribution in [0.5, 0.6) is 0 Å². The second-order valence-electron chi connectivity index (χ2n) is 5.18. The number of rotatable bonds is 5. The first-order valence-electron chi connectivity index (χ1n) is 7.07. The molecule has 0 fully saturated rings.